The summed E-state index contributed by atoms with van der Waals surface area (Å²) in [5.74, 6) is 0.280. The molecule has 2 N–H and O–H groups in total. The van der Waals surface area contributed by atoms with Gasteiger partial charge in [0.05, 0.1) is 13.2 Å². The van der Waals surface area contributed by atoms with Gasteiger partial charge in [-0.1, -0.05) is 13.8 Å². The van der Waals surface area contributed by atoms with Gasteiger partial charge in [0.1, 0.15) is 5.75 Å². The third kappa shape index (κ3) is 9.46. The number of benzene rings is 1. The second-order valence-corrected chi connectivity index (χ2v) is 5.99. The zero-order chi connectivity index (χ0) is 18.7. The highest BCUT2D eigenvalue weighted by atomic mass is 32.1. The molecule has 136 valence electrons. The smallest absolute Gasteiger partial charge is 0.330 e. The Kier molecular flexibility index (Phi) is 9.24. The molecule has 1 aromatic carbocycles. The highest BCUT2D eigenvalue weighted by molar-refractivity contribution is 7.80. The Morgan fingerprint density at radius 2 is 1.88 bits per heavy atom. The van der Waals surface area contributed by atoms with Gasteiger partial charge in [-0.05, 0) is 55.7 Å². The highest BCUT2D eigenvalue weighted by Crippen LogP contribution is 2.16. The summed E-state index contributed by atoms with van der Waals surface area (Å²) in [6.07, 6.45) is 3.11. The molecule has 0 atom stereocenters. The standard InChI is InChI=1S/C18H24N2O4S/c1-4-23-17(22)10-9-16(21)20-18(25)19-14-5-7-15(8-6-14)24-12-11-13(2)3/h5-10,13H,4,11-12H2,1-3H3,(H2,19,20,21,25)/b10-9+. The molecule has 1 rings (SSSR count). The van der Waals surface area contributed by atoms with Gasteiger partial charge in [-0.2, -0.15) is 0 Å². The minimum absolute atomic E-state index is 0.131. The van der Waals surface area contributed by atoms with Crippen LogP contribution < -0.4 is 15.4 Å². The van der Waals surface area contributed by atoms with Crippen LogP contribution in [-0.4, -0.2) is 30.2 Å². The van der Waals surface area contributed by atoms with Crippen LogP contribution in [0.3, 0.4) is 0 Å². The number of carbonyl (C=O) groups is 2. The average molecular weight is 364 g/mol. The molecule has 25 heavy (non-hydrogen) atoms. The number of anilines is 1. The second-order valence-electron chi connectivity index (χ2n) is 5.58. The summed E-state index contributed by atoms with van der Waals surface area (Å²) in [5, 5.41) is 5.46. The van der Waals surface area contributed by atoms with Crippen molar-refractivity contribution in [1.82, 2.24) is 5.32 Å². The van der Waals surface area contributed by atoms with Gasteiger partial charge in [-0.25, -0.2) is 4.79 Å². The van der Waals surface area contributed by atoms with Crippen LogP contribution in [0.15, 0.2) is 36.4 Å². The summed E-state index contributed by atoms with van der Waals surface area (Å²) >= 11 is 5.05. The number of ether oxygens (including phenoxy) is 2. The van der Waals surface area contributed by atoms with E-state index >= 15 is 0 Å². The largest absolute Gasteiger partial charge is 0.494 e. The van der Waals surface area contributed by atoms with E-state index in [4.69, 9.17) is 17.0 Å². The molecular weight excluding hydrogens is 340 g/mol. The van der Waals surface area contributed by atoms with Crippen molar-refractivity contribution in [3.63, 3.8) is 0 Å². The Balaban J connectivity index is 2.41. The number of esters is 1. The third-order valence-corrected chi connectivity index (χ3v) is 3.17. The first-order valence-electron chi connectivity index (χ1n) is 8.10. The van der Waals surface area contributed by atoms with E-state index in [-0.39, 0.29) is 11.7 Å². The Morgan fingerprint density at radius 3 is 2.48 bits per heavy atom. The van der Waals surface area contributed by atoms with Gasteiger partial charge in [0.25, 0.3) is 0 Å². The second kappa shape index (κ2) is 11.2. The van der Waals surface area contributed by atoms with E-state index in [1.165, 1.54) is 0 Å². The lowest BCUT2D eigenvalue weighted by Gasteiger charge is -2.10. The van der Waals surface area contributed by atoms with E-state index in [1.54, 1.807) is 19.1 Å². The summed E-state index contributed by atoms with van der Waals surface area (Å²) in [7, 11) is 0. The van der Waals surface area contributed by atoms with Gasteiger partial charge in [-0.15, -0.1) is 0 Å². The fraction of sp³-hybridized carbons (Fsp3) is 0.389. The monoisotopic (exact) mass is 364 g/mol. The Labute approximate surface area is 153 Å². The predicted octanol–water partition coefficient (Wildman–Crippen LogP) is 3.04. The summed E-state index contributed by atoms with van der Waals surface area (Å²) in [6, 6.07) is 7.26. The summed E-state index contributed by atoms with van der Waals surface area (Å²) in [6.45, 7) is 6.90. The predicted molar refractivity (Wildman–Crippen MR) is 102 cm³/mol. The molecule has 0 spiro atoms. The molecule has 0 saturated heterocycles. The topological polar surface area (TPSA) is 76.7 Å². The number of hydrogen-bond donors (Lipinski definition) is 2. The molecule has 0 fully saturated rings. The number of nitrogens with one attached hydrogen (secondary N) is 2. The summed E-state index contributed by atoms with van der Waals surface area (Å²) < 4.78 is 10.3. The van der Waals surface area contributed by atoms with Gasteiger partial charge in [0, 0.05) is 17.8 Å². The molecule has 0 aromatic heterocycles. The van der Waals surface area contributed by atoms with E-state index < -0.39 is 11.9 Å². The molecule has 0 bridgehead atoms. The Hall–Kier alpha value is -2.41. The van der Waals surface area contributed by atoms with Gasteiger partial charge in [0.2, 0.25) is 5.91 Å². The van der Waals surface area contributed by atoms with Gasteiger partial charge >= 0.3 is 5.97 Å². The molecule has 1 aromatic rings. The molecule has 0 radical (unpaired) electrons. The SMILES string of the molecule is CCOC(=O)/C=C/C(=O)NC(=S)Nc1ccc(OCCC(C)C)cc1. The van der Waals surface area contributed by atoms with Crippen LogP contribution in [0.5, 0.6) is 5.75 Å². The summed E-state index contributed by atoms with van der Waals surface area (Å²) in [4.78, 5) is 22.7. The number of hydrogen-bond acceptors (Lipinski definition) is 5. The highest BCUT2D eigenvalue weighted by Gasteiger charge is 2.04. The number of amides is 1. The molecule has 6 nitrogen and oxygen atoms in total. The van der Waals surface area contributed by atoms with Crippen molar-refractivity contribution < 1.29 is 19.1 Å². The van der Waals surface area contributed by atoms with Crippen molar-refractivity contribution in [3.8, 4) is 5.75 Å². The molecule has 0 saturated carbocycles. The van der Waals surface area contributed by atoms with Crippen LogP contribution in [0.1, 0.15) is 27.2 Å². The van der Waals surface area contributed by atoms with E-state index in [2.05, 4.69) is 29.2 Å². The van der Waals surface area contributed by atoms with Crippen LogP contribution in [-0.2, 0) is 14.3 Å². The quantitative estimate of drug-likeness (QED) is 0.419. The van der Waals surface area contributed by atoms with Crippen molar-refractivity contribution in [2.45, 2.75) is 27.2 Å². The zero-order valence-corrected chi connectivity index (χ0v) is 15.5. The van der Waals surface area contributed by atoms with Crippen molar-refractivity contribution in [3.05, 3.63) is 36.4 Å². The molecule has 7 heteroatoms. The van der Waals surface area contributed by atoms with Gasteiger partial charge in [0.15, 0.2) is 5.11 Å². The minimum atomic E-state index is -0.579. The number of rotatable bonds is 8. The van der Waals surface area contributed by atoms with E-state index in [9.17, 15) is 9.59 Å². The van der Waals surface area contributed by atoms with Crippen molar-refractivity contribution >= 4 is 34.9 Å². The van der Waals surface area contributed by atoms with Crippen molar-refractivity contribution in [2.75, 3.05) is 18.5 Å². The zero-order valence-electron chi connectivity index (χ0n) is 14.7. The van der Waals surface area contributed by atoms with E-state index in [0.717, 1.165) is 30.0 Å². The van der Waals surface area contributed by atoms with E-state index in [1.807, 2.05) is 12.1 Å². The number of carbonyl (C=O) groups excluding carboxylic acids is 2. The molecule has 0 aliphatic carbocycles. The third-order valence-electron chi connectivity index (χ3n) is 2.97. The molecular formula is C18H24N2O4S. The van der Waals surface area contributed by atoms with Crippen molar-refractivity contribution in [2.24, 2.45) is 5.92 Å². The minimum Gasteiger partial charge on any atom is -0.494 e. The first-order valence-corrected chi connectivity index (χ1v) is 8.51. The molecule has 0 heterocycles. The maximum absolute atomic E-state index is 11.6. The van der Waals surface area contributed by atoms with E-state index in [0.29, 0.717) is 12.5 Å². The van der Waals surface area contributed by atoms with Crippen LogP contribution in [0.25, 0.3) is 0 Å². The molecule has 0 aliphatic heterocycles. The maximum atomic E-state index is 11.6. The first kappa shape index (κ1) is 20.6. The maximum Gasteiger partial charge on any atom is 0.330 e. The number of thiocarbonyl (C=S) groups is 1. The lowest BCUT2D eigenvalue weighted by atomic mass is 10.1. The van der Waals surface area contributed by atoms with Gasteiger partial charge in [-0.3, -0.25) is 10.1 Å². The van der Waals surface area contributed by atoms with Crippen LogP contribution >= 0.6 is 12.2 Å². The lowest BCUT2D eigenvalue weighted by Crippen LogP contribution is -2.32. The molecule has 0 aliphatic rings. The Morgan fingerprint density at radius 1 is 1.20 bits per heavy atom. The first-order chi connectivity index (χ1) is 11.9. The van der Waals surface area contributed by atoms with Crippen LogP contribution in [0.2, 0.25) is 0 Å². The average Bonchev–Trinajstić information content (AvgIpc) is 2.54. The molecule has 1 amide bonds. The Bertz CT molecular complexity index is 612. The van der Waals surface area contributed by atoms with Gasteiger partial charge < -0.3 is 14.8 Å². The summed E-state index contributed by atoms with van der Waals surface area (Å²) in [5.41, 5.74) is 0.718. The van der Waals surface area contributed by atoms with Crippen molar-refractivity contribution in [1.29, 1.82) is 0 Å². The fourth-order valence-electron chi connectivity index (χ4n) is 1.70. The molecule has 0 unspecified atom stereocenters. The fourth-order valence-corrected chi connectivity index (χ4v) is 1.92. The normalized spacial score (nSPS) is 10.6. The van der Waals surface area contributed by atoms with Crippen LogP contribution in [0.4, 0.5) is 5.69 Å². The van der Waals surface area contributed by atoms with Crippen LogP contribution in [0, 0.1) is 5.92 Å². The lowest BCUT2D eigenvalue weighted by molar-refractivity contribution is -0.137.